The van der Waals surface area contributed by atoms with Gasteiger partial charge in [-0.3, -0.25) is 4.90 Å². The second kappa shape index (κ2) is 8.34. The first kappa shape index (κ1) is 17.7. The first-order valence-corrected chi connectivity index (χ1v) is 9.00. The van der Waals surface area contributed by atoms with Crippen molar-refractivity contribution in [2.45, 2.75) is 38.8 Å². The summed E-state index contributed by atoms with van der Waals surface area (Å²) >= 11 is 0. The number of halogens is 1. The highest BCUT2D eigenvalue weighted by Gasteiger charge is 2.26. The zero-order chi connectivity index (χ0) is 17.6. The van der Waals surface area contributed by atoms with Crippen LogP contribution in [0.15, 0.2) is 42.5 Å². The Morgan fingerprint density at radius 2 is 2.04 bits per heavy atom. The highest BCUT2D eigenvalue weighted by atomic mass is 19.1. The number of methoxy groups -OCH3 is 1. The van der Waals surface area contributed by atoms with Crippen LogP contribution in [0.4, 0.5) is 4.39 Å². The third-order valence-corrected chi connectivity index (χ3v) is 4.67. The second-order valence-electron chi connectivity index (χ2n) is 6.52. The minimum atomic E-state index is -0.163. The molecule has 1 heterocycles. The van der Waals surface area contributed by atoms with Gasteiger partial charge in [0.05, 0.1) is 13.7 Å². The van der Waals surface area contributed by atoms with Crippen LogP contribution in [0.2, 0.25) is 0 Å². The lowest BCUT2D eigenvalue weighted by Crippen LogP contribution is -2.22. The Labute approximate surface area is 149 Å². The van der Waals surface area contributed by atoms with Crippen molar-refractivity contribution in [2.24, 2.45) is 0 Å². The molecular formula is C21H26FNO2. The molecule has 1 aliphatic heterocycles. The number of nitrogens with zero attached hydrogens (tertiary/aromatic N) is 1. The first-order chi connectivity index (χ1) is 12.2. The highest BCUT2D eigenvalue weighted by molar-refractivity contribution is 5.43. The van der Waals surface area contributed by atoms with E-state index >= 15 is 0 Å². The predicted molar refractivity (Wildman–Crippen MR) is 97.6 cm³/mol. The fourth-order valence-corrected chi connectivity index (χ4v) is 3.48. The summed E-state index contributed by atoms with van der Waals surface area (Å²) in [6.45, 7) is 4.62. The highest BCUT2D eigenvalue weighted by Crippen LogP contribution is 2.35. The molecule has 0 aromatic heterocycles. The number of hydrogen-bond donors (Lipinski definition) is 0. The molecule has 0 radical (unpaired) electrons. The van der Waals surface area contributed by atoms with E-state index in [1.54, 1.807) is 19.2 Å². The van der Waals surface area contributed by atoms with Crippen molar-refractivity contribution in [3.05, 3.63) is 59.4 Å². The van der Waals surface area contributed by atoms with Crippen LogP contribution in [-0.4, -0.2) is 25.2 Å². The summed E-state index contributed by atoms with van der Waals surface area (Å²) < 4.78 is 24.8. The van der Waals surface area contributed by atoms with Gasteiger partial charge in [0, 0.05) is 12.6 Å². The molecule has 1 aliphatic rings. The molecular weight excluding hydrogens is 317 g/mol. The summed E-state index contributed by atoms with van der Waals surface area (Å²) in [4.78, 5) is 2.41. The van der Waals surface area contributed by atoms with E-state index in [4.69, 9.17) is 9.47 Å². The second-order valence-corrected chi connectivity index (χ2v) is 6.52. The monoisotopic (exact) mass is 343 g/mol. The zero-order valence-electron chi connectivity index (χ0n) is 15.0. The van der Waals surface area contributed by atoms with Crippen LogP contribution < -0.4 is 9.47 Å². The number of ether oxygens (including phenoxy) is 2. The Kier molecular flexibility index (Phi) is 5.92. The Bertz CT molecular complexity index is 704. The van der Waals surface area contributed by atoms with Crippen molar-refractivity contribution in [3.63, 3.8) is 0 Å². The van der Waals surface area contributed by atoms with E-state index in [2.05, 4.69) is 17.9 Å². The quantitative estimate of drug-likeness (QED) is 0.709. The smallest absolute Gasteiger partial charge is 0.161 e. The van der Waals surface area contributed by atoms with Gasteiger partial charge in [0.15, 0.2) is 11.5 Å². The summed E-state index contributed by atoms with van der Waals surface area (Å²) in [6, 6.07) is 13.4. The molecule has 25 heavy (non-hydrogen) atoms. The van der Waals surface area contributed by atoms with E-state index in [0.29, 0.717) is 6.61 Å². The molecule has 0 bridgehead atoms. The van der Waals surface area contributed by atoms with Crippen LogP contribution >= 0.6 is 0 Å². The summed E-state index contributed by atoms with van der Waals surface area (Å²) in [5, 5.41) is 0. The van der Waals surface area contributed by atoms with E-state index in [1.165, 1.54) is 11.6 Å². The number of rotatable bonds is 7. The molecule has 1 atom stereocenters. The summed E-state index contributed by atoms with van der Waals surface area (Å²) in [7, 11) is 1.67. The van der Waals surface area contributed by atoms with Crippen molar-refractivity contribution in [1.82, 2.24) is 4.90 Å². The lowest BCUT2D eigenvalue weighted by molar-refractivity contribution is 0.247. The van der Waals surface area contributed by atoms with Crippen LogP contribution in [0, 0.1) is 5.82 Å². The van der Waals surface area contributed by atoms with Gasteiger partial charge in [0.25, 0.3) is 0 Å². The summed E-state index contributed by atoms with van der Waals surface area (Å²) in [6.07, 6.45) is 3.17. The van der Waals surface area contributed by atoms with Gasteiger partial charge in [-0.1, -0.05) is 25.1 Å². The van der Waals surface area contributed by atoms with Crippen LogP contribution in [0.3, 0.4) is 0 Å². The molecule has 0 saturated carbocycles. The summed E-state index contributed by atoms with van der Waals surface area (Å²) in [5.74, 6) is 1.40. The van der Waals surface area contributed by atoms with Gasteiger partial charge >= 0.3 is 0 Å². The van der Waals surface area contributed by atoms with Gasteiger partial charge in [-0.25, -0.2) is 4.39 Å². The van der Waals surface area contributed by atoms with Gasteiger partial charge in [-0.05, 0) is 61.2 Å². The normalized spacial score (nSPS) is 17.6. The first-order valence-electron chi connectivity index (χ1n) is 9.00. The molecule has 1 fully saturated rings. The van der Waals surface area contributed by atoms with Gasteiger partial charge in [-0.2, -0.15) is 0 Å². The molecule has 1 saturated heterocycles. The van der Waals surface area contributed by atoms with Gasteiger partial charge < -0.3 is 9.47 Å². The Balaban J connectivity index is 1.74. The van der Waals surface area contributed by atoms with Crippen LogP contribution in [0.1, 0.15) is 43.4 Å². The molecule has 0 aliphatic carbocycles. The van der Waals surface area contributed by atoms with E-state index in [-0.39, 0.29) is 11.9 Å². The molecule has 2 aromatic carbocycles. The average Bonchev–Trinajstić information content (AvgIpc) is 3.08. The van der Waals surface area contributed by atoms with Crippen molar-refractivity contribution in [1.29, 1.82) is 0 Å². The fourth-order valence-electron chi connectivity index (χ4n) is 3.48. The minimum Gasteiger partial charge on any atom is -0.493 e. The Morgan fingerprint density at radius 1 is 1.16 bits per heavy atom. The van der Waals surface area contributed by atoms with Crippen molar-refractivity contribution < 1.29 is 13.9 Å². The lowest BCUT2D eigenvalue weighted by Gasteiger charge is -2.25. The van der Waals surface area contributed by atoms with E-state index in [1.807, 2.05) is 18.2 Å². The average molecular weight is 343 g/mol. The Hall–Kier alpha value is -2.07. The van der Waals surface area contributed by atoms with E-state index in [9.17, 15) is 4.39 Å². The van der Waals surface area contributed by atoms with E-state index in [0.717, 1.165) is 49.4 Å². The standard InChI is InChI=1S/C21H26FNO2/c1-3-12-25-20-10-9-16(13-21(20)24-2)15-23-11-5-8-19(23)17-6-4-7-18(22)14-17/h4,6-7,9-10,13-14,19H,3,5,8,11-12,15H2,1-2H3. The van der Waals surface area contributed by atoms with Crippen LogP contribution in [0.5, 0.6) is 11.5 Å². The SMILES string of the molecule is CCCOc1ccc(CN2CCCC2c2cccc(F)c2)cc1OC. The maximum Gasteiger partial charge on any atom is 0.161 e. The van der Waals surface area contributed by atoms with Gasteiger partial charge in [-0.15, -0.1) is 0 Å². The maximum atomic E-state index is 13.6. The molecule has 0 spiro atoms. The number of benzene rings is 2. The summed E-state index contributed by atoms with van der Waals surface area (Å²) in [5.41, 5.74) is 2.25. The third-order valence-electron chi connectivity index (χ3n) is 4.67. The third kappa shape index (κ3) is 4.31. The van der Waals surface area contributed by atoms with Gasteiger partial charge in [0.2, 0.25) is 0 Å². The molecule has 1 unspecified atom stereocenters. The molecule has 2 aromatic rings. The van der Waals surface area contributed by atoms with Crippen molar-refractivity contribution in [3.8, 4) is 11.5 Å². The Morgan fingerprint density at radius 3 is 2.80 bits per heavy atom. The predicted octanol–water partition coefficient (Wildman–Crippen LogP) is 4.96. The molecule has 3 nitrogen and oxygen atoms in total. The molecule has 0 N–H and O–H groups in total. The minimum absolute atomic E-state index is 0.163. The maximum absolute atomic E-state index is 13.6. The lowest BCUT2D eigenvalue weighted by atomic mass is 10.0. The molecule has 4 heteroatoms. The van der Waals surface area contributed by atoms with Crippen LogP contribution in [-0.2, 0) is 6.54 Å². The van der Waals surface area contributed by atoms with E-state index < -0.39 is 0 Å². The fraction of sp³-hybridized carbons (Fsp3) is 0.429. The molecule has 134 valence electrons. The topological polar surface area (TPSA) is 21.7 Å². The van der Waals surface area contributed by atoms with Crippen LogP contribution in [0.25, 0.3) is 0 Å². The number of likely N-dealkylation sites (tertiary alicyclic amines) is 1. The molecule has 0 amide bonds. The van der Waals surface area contributed by atoms with Crippen molar-refractivity contribution >= 4 is 0 Å². The zero-order valence-corrected chi connectivity index (χ0v) is 15.0. The van der Waals surface area contributed by atoms with Crippen molar-refractivity contribution in [2.75, 3.05) is 20.3 Å². The number of hydrogen-bond acceptors (Lipinski definition) is 3. The molecule has 3 rings (SSSR count). The largest absolute Gasteiger partial charge is 0.493 e. The van der Waals surface area contributed by atoms with Gasteiger partial charge in [0.1, 0.15) is 5.82 Å².